The van der Waals surface area contributed by atoms with Crippen molar-refractivity contribution in [1.29, 1.82) is 0 Å². The lowest BCUT2D eigenvalue weighted by molar-refractivity contribution is -0.156. The third-order valence-corrected chi connectivity index (χ3v) is 8.17. The smallest absolute Gasteiger partial charge is 0.409 e. The number of aromatic nitrogens is 1. The number of hydrogen-bond acceptors (Lipinski definition) is 6. The number of amides is 1. The maximum absolute atomic E-state index is 14.1. The summed E-state index contributed by atoms with van der Waals surface area (Å²) in [4.78, 5) is 19.5. The van der Waals surface area contributed by atoms with Crippen LogP contribution in [0.25, 0.3) is 10.1 Å². The van der Waals surface area contributed by atoms with E-state index >= 15 is 0 Å². The number of benzene rings is 1. The molecule has 1 aliphatic carbocycles. The van der Waals surface area contributed by atoms with Crippen LogP contribution in [0.5, 0.6) is 0 Å². The zero-order valence-electron chi connectivity index (χ0n) is 19.3. The van der Waals surface area contributed by atoms with Crippen molar-refractivity contribution in [2.24, 2.45) is 5.92 Å². The maximum Gasteiger partial charge on any atom is 0.409 e. The van der Waals surface area contributed by atoms with E-state index in [-0.39, 0.29) is 24.4 Å². The van der Waals surface area contributed by atoms with Gasteiger partial charge in [-0.25, -0.2) is 4.98 Å². The van der Waals surface area contributed by atoms with Crippen molar-refractivity contribution < 1.29 is 22.4 Å². The van der Waals surface area contributed by atoms with Gasteiger partial charge in [-0.3, -0.25) is 9.69 Å². The van der Waals surface area contributed by atoms with E-state index in [2.05, 4.69) is 10.3 Å². The Hall–Kier alpha value is -2.59. The number of oxazole rings is 1. The minimum absolute atomic E-state index is 0.00836. The van der Waals surface area contributed by atoms with Crippen molar-refractivity contribution in [3.8, 4) is 0 Å². The fraction of sp³-hybridized carbons (Fsp3) is 0.520. The lowest BCUT2D eigenvalue weighted by atomic mass is 9.84. The molecule has 10 heteroatoms. The number of rotatable bonds is 6. The molecule has 1 aliphatic heterocycles. The van der Waals surface area contributed by atoms with E-state index in [4.69, 9.17) is 4.42 Å². The fourth-order valence-electron chi connectivity index (χ4n) is 5.38. The van der Waals surface area contributed by atoms with E-state index in [0.29, 0.717) is 31.2 Å². The van der Waals surface area contributed by atoms with Gasteiger partial charge in [0.25, 0.3) is 5.89 Å². The molecule has 5 rings (SSSR count). The van der Waals surface area contributed by atoms with E-state index in [9.17, 15) is 18.0 Å². The largest absolute Gasteiger partial charge is 0.441 e. The number of thiophene rings is 1. The van der Waals surface area contributed by atoms with E-state index < -0.39 is 12.2 Å². The lowest BCUT2D eigenvalue weighted by Gasteiger charge is -2.44. The van der Waals surface area contributed by atoms with E-state index in [1.165, 1.54) is 12.5 Å². The highest BCUT2D eigenvalue weighted by Gasteiger charge is 2.47. The molecule has 0 bridgehead atoms. The van der Waals surface area contributed by atoms with Crippen LogP contribution in [0.2, 0.25) is 0 Å². The Kier molecular flexibility index (Phi) is 7.02. The molecule has 188 valence electrons. The van der Waals surface area contributed by atoms with Crippen LogP contribution in [0.1, 0.15) is 42.8 Å². The molecule has 2 aliphatic rings. The van der Waals surface area contributed by atoms with Crippen LogP contribution in [-0.4, -0.2) is 60.2 Å². The normalized spacial score (nSPS) is 24.1. The first-order valence-electron chi connectivity index (χ1n) is 12.1. The molecule has 0 unspecified atom stereocenters. The maximum atomic E-state index is 14.1. The Morgan fingerprint density at radius 2 is 2.00 bits per heavy atom. The quantitative estimate of drug-likeness (QED) is 0.490. The molecule has 0 radical (unpaired) electrons. The highest BCUT2D eigenvalue weighted by atomic mass is 32.1. The first-order chi connectivity index (χ1) is 16.9. The third kappa shape index (κ3) is 5.48. The van der Waals surface area contributed by atoms with Crippen LogP contribution in [0.3, 0.4) is 0 Å². The topological polar surface area (TPSA) is 61.6 Å². The molecule has 0 spiro atoms. The van der Waals surface area contributed by atoms with Gasteiger partial charge >= 0.3 is 12.1 Å². The number of alkyl halides is 3. The highest BCUT2D eigenvalue weighted by Crippen LogP contribution is 2.37. The summed E-state index contributed by atoms with van der Waals surface area (Å²) in [5, 5.41) is 5.79. The molecular formula is C25H29F3N4O2S. The molecule has 3 heterocycles. The zero-order valence-corrected chi connectivity index (χ0v) is 20.2. The van der Waals surface area contributed by atoms with Gasteiger partial charge in [-0.15, -0.1) is 11.3 Å². The molecule has 1 saturated heterocycles. The first kappa shape index (κ1) is 24.1. The average Bonchev–Trinajstić information content (AvgIpc) is 3.55. The Morgan fingerprint density at radius 3 is 2.74 bits per heavy atom. The molecule has 35 heavy (non-hydrogen) atoms. The van der Waals surface area contributed by atoms with Crippen LogP contribution in [0.4, 0.5) is 18.9 Å². The summed E-state index contributed by atoms with van der Waals surface area (Å²) in [7, 11) is 0. The number of carbonyl (C=O) groups excluding carboxylic acids is 1. The summed E-state index contributed by atoms with van der Waals surface area (Å²) in [5.41, 5.74) is 0.677. The van der Waals surface area contributed by atoms with Crippen LogP contribution in [0.15, 0.2) is 46.5 Å². The number of hydrogen-bond donors (Lipinski definition) is 1. The number of piperazine rings is 1. The number of anilines is 1. The number of halogens is 3. The van der Waals surface area contributed by atoms with Gasteiger partial charge in [-0.2, -0.15) is 13.2 Å². The Morgan fingerprint density at radius 1 is 1.17 bits per heavy atom. The van der Waals surface area contributed by atoms with Crippen molar-refractivity contribution in [3.05, 3.63) is 48.0 Å². The van der Waals surface area contributed by atoms with Crippen molar-refractivity contribution >= 4 is 33.0 Å². The van der Waals surface area contributed by atoms with Gasteiger partial charge in [0.05, 0.1) is 6.20 Å². The summed E-state index contributed by atoms with van der Waals surface area (Å²) in [6.07, 6.45) is 3.04. The van der Waals surface area contributed by atoms with Gasteiger partial charge in [-0.05, 0) is 68.1 Å². The Labute approximate surface area is 206 Å². The van der Waals surface area contributed by atoms with Gasteiger partial charge in [0, 0.05) is 41.4 Å². The lowest BCUT2D eigenvalue weighted by Crippen LogP contribution is -2.59. The Balaban J connectivity index is 1.14. The summed E-state index contributed by atoms with van der Waals surface area (Å²) < 4.78 is 48.4. The minimum atomic E-state index is -4.30. The second-order valence-corrected chi connectivity index (χ2v) is 10.4. The van der Waals surface area contributed by atoms with Gasteiger partial charge in [-0.1, -0.05) is 6.07 Å². The van der Waals surface area contributed by atoms with Gasteiger partial charge in [0.15, 0.2) is 0 Å². The van der Waals surface area contributed by atoms with Gasteiger partial charge in [0.2, 0.25) is 0 Å². The van der Waals surface area contributed by atoms with Crippen molar-refractivity contribution in [2.75, 3.05) is 31.1 Å². The van der Waals surface area contributed by atoms with Crippen molar-refractivity contribution in [3.63, 3.8) is 0 Å². The number of nitrogens with zero attached hydrogens (tertiary/aromatic N) is 3. The van der Waals surface area contributed by atoms with Crippen LogP contribution in [0, 0.1) is 5.92 Å². The van der Waals surface area contributed by atoms with Crippen molar-refractivity contribution in [2.45, 2.75) is 50.4 Å². The Bertz CT molecular complexity index is 1130. The summed E-state index contributed by atoms with van der Waals surface area (Å²) >= 11 is 1.55. The van der Waals surface area contributed by atoms with Gasteiger partial charge < -0.3 is 14.6 Å². The van der Waals surface area contributed by atoms with Crippen molar-refractivity contribution in [1.82, 2.24) is 15.2 Å². The van der Waals surface area contributed by atoms with Gasteiger partial charge in [0.1, 0.15) is 12.3 Å². The average molecular weight is 507 g/mol. The molecule has 1 saturated carbocycles. The summed E-state index contributed by atoms with van der Waals surface area (Å²) in [5.74, 6) is 0.236. The molecule has 1 amide bonds. The molecule has 3 aromatic rings. The summed E-state index contributed by atoms with van der Waals surface area (Å²) in [6, 6.07) is 6.10. The SMILES string of the molecule is O=C(N[C@H]1CC[C@H](CCN2CCN(c3cccc4sccc34)[C@H](C(F)(F)F)C2)CC1)c1ncco1. The number of fused-ring (bicyclic) bond motifs is 1. The highest BCUT2D eigenvalue weighted by molar-refractivity contribution is 7.17. The molecular weight excluding hydrogens is 477 g/mol. The molecule has 2 aromatic heterocycles. The number of nitrogens with one attached hydrogen (secondary N) is 1. The van der Waals surface area contributed by atoms with Crippen LogP contribution in [-0.2, 0) is 0 Å². The van der Waals surface area contributed by atoms with E-state index in [1.807, 2.05) is 34.5 Å². The fourth-order valence-corrected chi connectivity index (χ4v) is 6.19. The standard InChI is InChI=1S/C25H29F3N4O2S/c26-25(27,28)22-16-31(12-13-32(22)20-2-1-3-21-19(20)9-15-35-21)11-8-17-4-6-18(7-5-17)30-23(33)24-29-10-14-34-24/h1-3,9-10,14-15,17-18,22H,4-8,11-13,16H2,(H,30,33)/t17-,18-,22-/m0/s1. The molecule has 1 N–H and O–H groups in total. The summed E-state index contributed by atoms with van der Waals surface area (Å²) in [6.45, 7) is 1.64. The molecule has 1 aromatic carbocycles. The molecule has 6 nitrogen and oxygen atoms in total. The predicted molar refractivity (Wildman–Crippen MR) is 130 cm³/mol. The molecule has 2 fully saturated rings. The van der Waals surface area contributed by atoms with Crippen LogP contribution < -0.4 is 10.2 Å². The minimum Gasteiger partial charge on any atom is -0.441 e. The van der Waals surface area contributed by atoms with E-state index in [1.54, 1.807) is 16.2 Å². The second kappa shape index (κ2) is 10.2. The molecule has 1 atom stereocenters. The number of carbonyl (C=O) groups is 1. The monoisotopic (exact) mass is 506 g/mol. The third-order valence-electron chi connectivity index (χ3n) is 7.29. The zero-order chi connectivity index (χ0) is 24.4. The van der Waals surface area contributed by atoms with E-state index in [0.717, 1.165) is 42.2 Å². The van der Waals surface area contributed by atoms with Crippen LogP contribution >= 0.6 is 11.3 Å². The second-order valence-electron chi connectivity index (χ2n) is 9.48. The predicted octanol–water partition coefficient (Wildman–Crippen LogP) is 5.32. The first-order valence-corrected chi connectivity index (χ1v) is 13.0.